The smallest absolute Gasteiger partial charge is 0.253 e. The average molecular weight is 267 g/mol. The van der Waals surface area contributed by atoms with Gasteiger partial charge in [-0.3, -0.25) is 4.79 Å². The van der Waals surface area contributed by atoms with Crippen LogP contribution in [-0.2, 0) is 6.42 Å². The van der Waals surface area contributed by atoms with Gasteiger partial charge in [-0.1, -0.05) is 6.92 Å². The van der Waals surface area contributed by atoms with E-state index in [1.165, 1.54) is 0 Å². The lowest BCUT2D eigenvalue weighted by atomic mass is 10.1. The third-order valence-electron chi connectivity index (χ3n) is 2.72. The van der Waals surface area contributed by atoms with Gasteiger partial charge in [0, 0.05) is 37.7 Å². The summed E-state index contributed by atoms with van der Waals surface area (Å²) < 4.78 is 0. The Hall–Kier alpha value is -1.23. The van der Waals surface area contributed by atoms with Crippen molar-refractivity contribution in [2.45, 2.75) is 13.3 Å². The summed E-state index contributed by atoms with van der Waals surface area (Å²) in [6.45, 7) is 2.80. The van der Waals surface area contributed by atoms with E-state index in [4.69, 9.17) is 0 Å². The lowest BCUT2D eigenvalue weighted by Gasteiger charge is -2.17. The van der Waals surface area contributed by atoms with Crippen molar-refractivity contribution in [2.75, 3.05) is 38.0 Å². The van der Waals surface area contributed by atoms with Crippen LogP contribution in [0.15, 0.2) is 12.1 Å². The summed E-state index contributed by atoms with van der Waals surface area (Å²) in [5.74, 6) is 1.75. The molecule has 18 heavy (non-hydrogen) atoms. The Bertz CT molecular complexity index is 387. The third-order valence-corrected chi connectivity index (χ3v) is 3.31. The second kappa shape index (κ2) is 7.26. The molecule has 1 amide bonds. The second-order valence-electron chi connectivity index (χ2n) is 4.06. The number of hydrogen-bond donors (Lipinski definition) is 1. The van der Waals surface area contributed by atoms with Crippen molar-refractivity contribution in [3.63, 3.8) is 0 Å². The van der Waals surface area contributed by atoms with Gasteiger partial charge in [0.25, 0.3) is 5.91 Å². The predicted octanol–water partition coefficient (Wildman–Crippen LogP) is 2.12. The Morgan fingerprint density at radius 1 is 1.50 bits per heavy atom. The van der Waals surface area contributed by atoms with E-state index >= 15 is 0 Å². The Morgan fingerprint density at radius 3 is 2.78 bits per heavy atom. The van der Waals surface area contributed by atoms with Gasteiger partial charge in [0.05, 0.1) is 0 Å². The Kier molecular flexibility index (Phi) is 5.98. The average Bonchev–Trinajstić information content (AvgIpc) is 2.43. The number of aromatic nitrogens is 1. The highest BCUT2D eigenvalue weighted by Crippen LogP contribution is 2.13. The van der Waals surface area contributed by atoms with Crippen LogP contribution >= 0.6 is 11.8 Å². The number of thioether (sulfide) groups is 1. The summed E-state index contributed by atoms with van der Waals surface area (Å²) in [7, 11) is 3.65. The maximum atomic E-state index is 12.2. The molecule has 0 aromatic carbocycles. The lowest BCUT2D eigenvalue weighted by Crippen LogP contribution is -2.29. The number of carbonyl (C=O) groups excluding carboxylic acids is 1. The highest BCUT2D eigenvalue weighted by molar-refractivity contribution is 7.98. The molecule has 0 radical (unpaired) electrons. The number of nitrogens with one attached hydrogen (secondary N) is 1. The zero-order valence-electron chi connectivity index (χ0n) is 11.5. The van der Waals surface area contributed by atoms with Crippen molar-refractivity contribution in [3.8, 4) is 0 Å². The molecule has 4 nitrogen and oxygen atoms in total. The topological polar surface area (TPSA) is 45.2 Å². The van der Waals surface area contributed by atoms with Gasteiger partial charge in [0.2, 0.25) is 0 Å². The molecule has 100 valence electrons. The molecule has 1 aromatic heterocycles. The zero-order chi connectivity index (χ0) is 13.5. The van der Waals surface area contributed by atoms with Gasteiger partial charge in [0.15, 0.2) is 0 Å². The molecule has 0 saturated carbocycles. The minimum atomic E-state index is 0.0534. The lowest BCUT2D eigenvalue weighted by molar-refractivity contribution is 0.0803. The fourth-order valence-corrected chi connectivity index (χ4v) is 2.03. The molecule has 0 fully saturated rings. The maximum Gasteiger partial charge on any atom is 0.253 e. The maximum absolute atomic E-state index is 12.2. The van der Waals surface area contributed by atoms with E-state index in [1.54, 1.807) is 22.7 Å². The molecule has 1 rings (SSSR count). The molecule has 5 heteroatoms. The van der Waals surface area contributed by atoms with E-state index in [-0.39, 0.29) is 5.91 Å². The first-order valence-corrected chi connectivity index (χ1v) is 7.44. The van der Waals surface area contributed by atoms with Crippen LogP contribution in [0.3, 0.4) is 0 Å². The highest BCUT2D eigenvalue weighted by atomic mass is 32.2. The number of carbonyl (C=O) groups is 1. The Labute approximate surface area is 113 Å². The van der Waals surface area contributed by atoms with Crippen molar-refractivity contribution < 1.29 is 4.79 Å². The fourth-order valence-electron chi connectivity index (χ4n) is 1.57. The Morgan fingerprint density at radius 2 is 2.22 bits per heavy atom. The summed E-state index contributed by atoms with van der Waals surface area (Å²) in [6, 6.07) is 3.68. The molecule has 0 atom stereocenters. The van der Waals surface area contributed by atoms with Crippen molar-refractivity contribution in [2.24, 2.45) is 0 Å². The van der Waals surface area contributed by atoms with Crippen molar-refractivity contribution in [3.05, 3.63) is 23.4 Å². The van der Waals surface area contributed by atoms with E-state index < -0.39 is 0 Å². The van der Waals surface area contributed by atoms with Crippen LogP contribution in [0.1, 0.15) is 23.0 Å². The summed E-state index contributed by atoms with van der Waals surface area (Å²) in [5, 5.41) is 2.99. The molecule has 1 N–H and O–H groups in total. The van der Waals surface area contributed by atoms with E-state index in [1.807, 2.05) is 33.3 Å². The summed E-state index contributed by atoms with van der Waals surface area (Å²) in [4.78, 5) is 18.4. The van der Waals surface area contributed by atoms with Crippen LogP contribution in [0, 0.1) is 0 Å². The molecule has 1 aromatic rings. The number of pyridine rings is 1. The predicted molar refractivity (Wildman–Crippen MR) is 78.5 cm³/mol. The SMILES string of the molecule is CCc1cc(C(=O)N(C)CCSC)cc(NC)n1. The number of amides is 1. The monoisotopic (exact) mass is 267 g/mol. The van der Waals surface area contributed by atoms with Crippen LogP contribution in [-0.4, -0.2) is 48.4 Å². The third kappa shape index (κ3) is 3.91. The van der Waals surface area contributed by atoms with Gasteiger partial charge in [-0.15, -0.1) is 0 Å². The van der Waals surface area contributed by atoms with Crippen LogP contribution in [0.2, 0.25) is 0 Å². The van der Waals surface area contributed by atoms with Gasteiger partial charge in [-0.2, -0.15) is 11.8 Å². The van der Waals surface area contributed by atoms with E-state index in [0.717, 1.165) is 30.2 Å². The van der Waals surface area contributed by atoms with Gasteiger partial charge in [0.1, 0.15) is 5.82 Å². The molecule has 0 aliphatic heterocycles. The molecule has 0 unspecified atom stereocenters. The standard InChI is InChI=1S/C13H21N3OS/c1-5-11-8-10(9-12(14-2)15-11)13(17)16(3)6-7-18-4/h8-9H,5-7H2,1-4H3,(H,14,15). The first-order valence-electron chi connectivity index (χ1n) is 6.05. The molecule has 0 saturated heterocycles. The summed E-state index contributed by atoms with van der Waals surface area (Å²) in [5.41, 5.74) is 1.64. The summed E-state index contributed by atoms with van der Waals surface area (Å²) in [6.07, 6.45) is 2.86. The van der Waals surface area contributed by atoms with Gasteiger partial charge < -0.3 is 10.2 Å². The van der Waals surface area contributed by atoms with Gasteiger partial charge in [-0.05, 0) is 24.8 Å². The second-order valence-corrected chi connectivity index (χ2v) is 5.04. The molecular formula is C13H21N3OS. The quantitative estimate of drug-likeness (QED) is 0.857. The number of hydrogen-bond acceptors (Lipinski definition) is 4. The van der Waals surface area contributed by atoms with Gasteiger partial charge in [-0.25, -0.2) is 4.98 Å². The van der Waals surface area contributed by atoms with Gasteiger partial charge >= 0.3 is 0 Å². The van der Waals surface area contributed by atoms with Crippen molar-refractivity contribution >= 4 is 23.5 Å². The van der Waals surface area contributed by atoms with Crippen molar-refractivity contribution in [1.29, 1.82) is 0 Å². The molecule has 0 aliphatic carbocycles. The van der Waals surface area contributed by atoms with E-state index in [9.17, 15) is 4.79 Å². The van der Waals surface area contributed by atoms with E-state index in [0.29, 0.717) is 5.56 Å². The first kappa shape index (κ1) is 14.8. The minimum Gasteiger partial charge on any atom is -0.373 e. The number of rotatable bonds is 6. The van der Waals surface area contributed by atoms with Crippen LogP contribution in [0.5, 0.6) is 0 Å². The van der Waals surface area contributed by atoms with Crippen LogP contribution in [0.25, 0.3) is 0 Å². The largest absolute Gasteiger partial charge is 0.373 e. The first-order chi connectivity index (χ1) is 8.62. The summed E-state index contributed by atoms with van der Waals surface area (Å²) >= 11 is 1.74. The minimum absolute atomic E-state index is 0.0534. The molecular weight excluding hydrogens is 246 g/mol. The van der Waals surface area contributed by atoms with Crippen molar-refractivity contribution in [1.82, 2.24) is 9.88 Å². The molecule has 0 aliphatic rings. The molecule has 0 bridgehead atoms. The van der Waals surface area contributed by atoms with Crippen LogP contribution < -0.4 is 5.32 Å². The highest BCUT2D eigenvalue weighted by Gasteiger charge is 2.13. The molecule has 0 spiro atoms. The fraction of sp³-hybridized carbons (Fsp3) is 0.538. The number of anilines is 1. The zero-order valence-corrected chi connectivity index (χ0v) is 12.3. The van der Waals surface area contributed by atoms with E-state index in [2.05, 4.69) is 10.3 Å². The molecule has 1 heterocycles. The Balaban J connectivity index is 2.90. The van der Waals surface area contributed by atoms with Crippen LogP contribution in [0.4, 0.5) is 5.82 Å². The number of aryl methyl sites for hydroxylation is 1. The normalized spacial score (nSPS) is 10.2. The number of nitrogens with zero attached hydrogens (tertiary/aromatic N) is 2.